The number of nitrogens with one attached hydrogen (secondary N) is 1. The van der Waals surface area contributed by atoms with Crippen molar-refractivity contribution in [1.29, 1.82) is 0 Å². The topological polar surface area (TPSA) is 55.6 Å². The molecule has 0 aliphatic heterocycles. The maximum atomic E-state index is 13.1. The fourth-order valence-corrected chi connectivity index (χ4v) is 2.97. The lowest BCUT2D eigenvalue weighted by Crippen LogP contribution is -2.14. The third-order valence-electron chi connectivity index (χ3n) is 4.38. The summed E-state index contributed by atoms with van der Waals surface area (Å²) in [6.07, 6.45) is 3.57. The summed E-state index contributed by atoms with van der Waals surface area (Å²) in [5.41, 5.74) is 4.86. The lowest BCUT2D eigenvalue weighted by molar-refractivity contribution is 0.574. The number of halogens is 1. The van der Waals surface area contributed by atoms with Gasteiger partial charge in [-0.15, -0.1) is 0 Å². The molecule has 4 rings (SSSR count). The normalized spacial score (nSPS) is 10.9. The van der Waals surface area contributed by atoms with Crippen LogP contribution in [0.3, 0.4) is 0 Å². The van der Waals surface area contributed by atoms with Gasteiger partial charge in [0, 0.05) is 31.0 Å². The van der Waals surface area contributed by atoms with Gasteiger partial charge in [0.25, 0.3) is 0 Å². The average Bonchev–Trinajstić information content (AvgIpc) is 3.14. The van der Waals surface area contributed by atoms with Crippen LogP contribution in [0.2, 0.25) is 0 Å². The minimum atomic E-state index is -0.247. The van der Waals surface area contributed by atoms with E-state index in [1.54, 1.807) is 29.3 Å². The largest absolute Gasteiger partial charge is 0.307 e. The van der Waals surface area contributed by atoms with E-state index in [9.17, 15) is 4.39 Å². The van der Waals surface area contributed by atoms with Crippen molar-refractivity contribution in [3.05, 3.63) is 102 Å². The van der Waals surface area contributed by atoms with Gasteiger partial charge in [0.2, 0.25) is 0 Å². The zero-order chi connectivity index (χ0) is 19.2. The maximum absolute atomic E-state index is 13.1. The molecule has 0 atom stereocenters. The zero-order valence-electron chi connectivity index (χ0n) is 15.3. The quantitative estimate of drug-likeness (QED) is 0.535. The van der Waals surface area contributed by atoms with Crippen LogP contribution >= 0.6 is 0 Å². The molecule has 0 unspecified atom stereocenters. The Balaban J connectivity index is 1.54. The number of pyridine rings is 1. The smallest absolute Gasteiger partial charge is 0.123 e. The summed E-state index contributed by atoms with van der Waals surface area (Å²) in [4.78, 5) is 5.70. The number of rotatable bonds is 7. The molecule has 2 aromatic heterocycles. The molecule has 0 saturated carbocycles. The SMILES string of the molecule is Fc1ccc(Cn2nc(CNCc3ccncc3)c(-c3ccccc3)n2)cc1. The van der Waals surface area contributed by atoms with Gasteiger partial charge < -0.3 is 5.32 Å². The molecule has 140 valence electrons. The van der Waals surface area contributed by atoms with E-state index in [2.05, 4.69) is 20.5 Å². The van der Waals surface area contributed by atoms with Crippen LogP contribution in [0.25, 0.3) is 11.3 Å². The molecule has 0 aliphatic carbocycles. The zero-order valence-corrected chi connectivity index (χ0v) is 15.3. The van der Waals surface area contributed by atoms with Crippen molar-refractivity contribution in [3.8, 4) is 11.3 Å². The Labute approximate surface area is 162 Å². The number of hydrogen-bond acceptors (Lipinski definition) is 4. The number of aromatic nitrogens is 4. The van der Waals surface area contributed by atoms with Crippen molar-refractivity contribution in [3.63, 3.8) is 0 Å². The van der Waals surface area contributed by atoms with Crippen LogP contribution in [-0.4, -0.2) is 20.0 Å². The standard InChI is InChI=1S/C22H20FN5/c23-20-8-6-18(7-9-20)16-28-26-21(15-25-14-17-10-12-24-13-11-17)22(27-28)19-4-2-1-3-5-19/h1-13,25H,14-16H2. The number of nitrogens with zero attached hydrogens (tertiary/aromatic N) is 4. The third-order valence-corrected chi connectivity index (χ3v) is 4.38. The van der Waals surface area contributed by atoms with Gasteiger partial charge in [0.15, 0.2) is 0 Å². The van der Waals surface area contributed by atoms with Crippen LogP contribution in [0, 0.1) is 5.82 Å². The molecule has 2 heterocycles. The van der Waals surface area contributed by atoms with Crippen molar-refractivity contribution in [2.45, 2.75) is 19.6 Å². The van der Waals surface area contributed by atoms with E-state index in [0.29, 0.717) is 13.1 Å². The van der Waals surface area contributed by atoms with E-state index < -0.39 is 0 Å². The van der Waals surface area contributed by atoms with Crippen molar-refractivity contribution < 1.29 is 4.39 Å². The first kappa shape index (κ1) is 18.0. The highest BCUT2D eigenvalue weighted by atomic mass is 19.1. The van der Waals surface area contributed by atoms with Gasteiger partial charge in [-0.2, -0.15) is 15.0 Å². The number of hydrogen-bond donors (Lipinski definition) is 1. The van der Waals surface area contributed by atoms with Gasteiger partial charge in [-0.1, -0.05) is 42.5 Å². The van der Waals surface area contributed by atoms with Crippen molar-refractivity contribution in [2.24, 2.45) is 0 Å². The Bertz CT molecular complexity index is 1010. The molecule has 0 aliphatic rings. The highest BCUT2D eigenvalue weighted by Crippen LogP contribution is 2.20. The lowest BCUT2D eigenvalue weighted by Gasteiger charge is -2.04. The first-order chi connectivity index (χ1) is 13.8. The Morgan fingerprint density at radius 1 is 0.786 bits per heavy atom. The predicted octanol–water partition coefficient (Wildman–Crippen LogP) is 3.82. The molecule has 4 aromatic rings. The molecule has 2 aromatic carbocycles. The van der Waals surface area contributed by atoms with Gasteiger partial charge in [0.05, 0.1) is 6.54 Å². The van der Waals surface area contributed by atoms with E-state index in [4.69, 9.17) is 0 Å². The van der Waals surface area contributed by atoms with E-state index in [1.807, 2.05) is 42.5 Å². The highest BCUT2D eigenvalue weighted by Gasteiger charge is 2.13. The minimum Gasteiger partial charge on any atom is -0.307 e. The van der Waals surface area contributed by atoms with E-state index in [1.165, 1.54) is 12.1 Å². The minimum absolute atomic E-state index is 0.247. The summed E-state index contributed by atoms with van der Waals surface area (Å²) >= 11 is 0. The maximum Gasteiger partial charge on any atom is 0.123 e. The van der Waals surface area contributed by atoms with Gasteiger partial charge in [0.1, 0.15) is 17.2 Å². The van der Waals surface area contributed by atoms with E-state index in [-0.39, 0.29) is 5.82 Å². The second kappa shape index (κ2) is 8.54. The molecule has 0 bridgehead atoms. The molecule has 0 fully saturated rings. The molecule has 6 heteroatoms. The van der Waals surface area contributed by atoms with Crippen LogP contribution in [0.5, 0.6) is 0 Å². The second-order valence-corrected chi connectivity index (χ2v) is 6.48. The van der Waals surface area contributed by atoms with E-state index in [0.717, 1.165) is 34.6 Å². The fraction of sp³-hybridized carbons (Fsp3) is 0.136. The van der Waals surface area contributed by atoms with Crippen LogP contribution < -0.4 is 5.32 Å². The predicted molar refractivity (Wildman–Crippen MR) is 106 cm³/mol. The second-order valence-electron chi connectivity index (χ2n) is 6.48. The van der Waals surface area contributed by atoms with Crippen LogP contribution in [0.4, 0.5) is 4.39 Å². The Morgan fingerprint density at radius 3 is 2.29 bits per heavy atom. The number of benzene rings is 2. The Hall–Kier alpha value is -3.38. The van der Waals surface area contributed by atoms with Gasteiger partial charge in [-0.05, 0) is 35.4 Å². The monoisotopic (exact) mass is 373 g/mol. The summed E-state index contributed by atoms with van der Waals surface area (Å²) in [6, 6.07) is 20.4. The van der Waals surface area contributed by atoms with Gasteiger partial charge in [-0.25, -0.2) is 4.39 Å². The molecule has 5 nitrogen and oxygen atoms in total. The molecule has 0 radical (unpaired) electrons. The highest BCUT2D eigenvalue weighted by molar-refractivity contribution is 5.60. The van der Waals surface area contributed by atoms with Gasteiger partial charge in [-0.3, -0.25) is 4.98 Å². The molecule has 0 spiro atoms. The van der Waals surface area contributed by atoms with Gasteiger partial charge >= 0.3 is 0 Å². The first-order valence-electron chi connectivity index (χ1n) is 9.11. The molecule has 1 N–H and O–H groups in total. The Kier molecular flexibility index (Phi) is 5.49. The third kappa shape index (κ3) is 4.47. The summed E-state index contributed by atoms with van der Waals surface area (Å²) in [6.45, 7) is 1.81. The molecular formula is C22H20FN5. The van der Waals surface area contributed by atoms with Crippen molar-refractivity contribution >= 4 is 0 Å². The van der Waals surface area contributed by atoms with E-state index >= 15 is 0 Å². The molecular weight excluding hydrogens is 353 g/mol. The van der Waals surface area contributed by atoms with Crippen LogP contribution in [-0.2, 0) is 19.6 Å². The lowest BCUT2D eigenvalue weighted by atomic mass is 10.1. The summed E-state index contributed by atoms with van der Waals surface area (Å²) in [7, 11) is 0. The summed E-state index contributed by atoms with van der Waals surface area (Å²) in [5.74, 6) is -0.247. The van der Waals surface area contributed by atoms with Crippen LogP contribution in [0.15, 0.2) is 79.1 Å². The average molecular weight is 373 g/mol. The molecule has 0 amide bonds. The summed E-state index contributed by atoms with van der Waals surface area (Å²) in [5, 5.41) is 12.8. The molecule has 0 saturated heterocycles. The Morgan fingerprint density at radius 2 is 1.54 bits per heavy atom. The van der Waals surface area contributed by atoms with Crippen molar-refractivity contribution in [1.82, 2.24) is 25.3 Å². The van der Waals surface area contributed by atoms with Crippen molar-refractivity contribution in [2.75, 3.05) is 0 Å². The molecule has 28 heavy (non-hydrogen) atoms. The van der Waals surface area contributed by atoms with Crippen LogP contribution in [0.1, 0.15) is 16.8 Å². The fourth-order valence-electron chi connectivity index (χ4n) is 2.97. The summed E-state index contributed by atoms with van der Waals surface area (Å²) < 4.78 is 13.1. The first-order valence-corrected chi connectivity index (χ1v) is 9.11.